The molecule has 0 aromatic heterocycles. The first kappa shape index (κ1) is 12.4. The maximum atomic E-state index is 13.9. The van der Waals surface area contributed by atoms with E-state index in [4.69, 9.17) is 0 Å². The third kappa shape index (κ3) is 2.04. The van der Waals surface area contributed by atoms with Gasteiger partial charge in [-0.1, -0.05) is 35.9 Å². The van der Waals surface area contributed by atoms with E-state index in [1.165, 1.54) is 19.1 Å². The van der Waals surface area contributed by atoms with Crippen molar-refractivity contribution in [1.82, 2.24) is 0 Å². The average Bonchev–Trinajstić information content (AvgIpc) is 2.36. The molecule has 0 saturated carbocycles. The lowest BCUT2D eigenvalue weighted by atomic mass is 9.97. The molecule has 0 aliphatic rings. The van der Waals surface area contributed by atoms with Crippen LogP contribution in [0.3, 0.4) is 0 Å². The highest BCUT2D eigenvalue weighted by Gasteiger charge is 2.15. The van der Waals surface area contributed by atoms with Crippen molar-refractivity contribution in [1.29, 1.82) is 0 Å². The first-order chi connectivity index (χ1) is 8.54. The standard InChI is InChI=1S/C15H12F2O/c1-9-3-5-11(8-18)13(7-9)12-6-4-10(2)14(16)15(12)17/h3-8H,1-2H3. The van der Waals surface area contributed by atoms with Gasteiger partial charge in [-0.2, -0.15) is 0 Å². The van der Waals surface area contributed by atoms with E-state index in [0.717, 1.165) is 5.56 Å². The second-order valence-electron chi connectivity index (χ2n) is 4.27. The Bertz CT molecular complexity index is 618. The Kier molecular flexibility index (Phi) is 3.24. The van der Waals surface area contributed by atoms with E-state index in [1.54, 1.807) is 18.2 Å². The van der Waals surface area contributed by atoms with Crippen LogP contribution in [0.5, 0.6) is 0 Å². The number of benzene rings is 2. The van der Waals surface area contributed by atoms with Crippen LogP contribution in [-0.4, -0.2) is 6.29 Å². The smallest absolute Gasteiger partial charge is 0.166 e. The lowest BCUT2D eigenvalue weighted by Gasteiger charge is -2.09. The molecule has 0 spiro atoms. The molecular formula is C15H12F2O. The van der Waals surface area contributed by atoms with Crippen LogP contribution in [0.15, 0.2) is 30.3 Å². The molecule has 2 aromatic carbocycles. The van der Waals surface area contributed by atoms with Gasteiger partial charge in [0, 0.05) is 11.1 Å². The highest BCUT2D eigenvalue weighted by molar-refractivity contribution is 5.88. The SMILES string of the molecule is Cc1ccc(C=O)c(-c2ccc(C)c(F)c2F)c1. The molecule has 0 atom stereocenters. The molecule has 0 aliphatic heterocycles. The van der Waals surface area contributed by atoms with Crippen LogP contribution < -0.4 is 0 Å². The number of carbonyl (C=O) groups excluding carboxylic acids is 1. The van der Waals surface area contributed by atoms with E-state index in [1.807, 2.05) is 6.92 Å². The van der Waals surface area contributed by atoms with Crippen molar-refractivity contribution in [3.05, 3.63) is 58.7 Å². The molecule has 3 heteroatoms. The zero-order valence-electron chi connectivity index (χ0n) is 10.1. The van der Waals surface area contributed by atoms with Gasteiger partial charge < -0.3 is 0 Å². The normalized spacial score (nSPS) is 10.4. The third-order valence-corrected chi connectivity index (χ3v) is 2.90. The number of halogens is 2. The van der Waals surface area contributed by atoms with E-state index in [0.29, 0.717) is 17.4 Å². The first-order valence-corrected chi connectivity index (χ1v) is 5.55. The Labute approximate surface area is 104 Å². The van der Waals surface area contributed by atoms with Gasteiger partial charge in [0.25, 0.3) is 0 Å². The van der Waals surface area contributed by atoms with Crippen LogP contribution in [0, 0.1) is 25.5 Å². The summed E-state index contributed by atoms with van der Waals surface area (Å²) in [7, 11) is 0. The highest BCUT2D eigenvalue weighted by Crippen LogP contribution is 2.29. The van der Waals surface area contributed by atoms with Gasteiger partial charge in [0.05, 0.1) is 0 Å². The van der Waals surface area contributed by atoms with Crippen LogP contribution in [0.4, 0.5) is 8.78 Å². The van der Waals surface area contributed by atoms with Gasteiger partial charge in [0.15, 0.2) is 17.9 Å². The molecule has 0 heterocycles. The van der Waals surface area contributed by atoms with Crippen LogP contribution in [0.1, 0.15) is 21.5 Å². The Balaban J connectivity index is 2.72. The summed E-state index contributed by atoms with van der Waals surface area (Å²) in [6.07, 6.45) is 0.645. The fourth-order valence-corrected chi connectivity index (χ4v) is 1.86. The Morgan fingerprint density at radius 3 is 2.33 bits per heavy atom. The fraction of sp³-hybridized carbons (Fsp3) is 0.133. The minimum absolute atomic E-state index is 0.115. The van der Waals surface area contributed by atoms with Gasteiger partial charge in [-0.25, -0.2) is 8.78 Å². The summed E-state index contributed by atoms with van der Waals surface area (Å²) in [4.78, 5) is 11.0. The van der Waals surface area contributed by atoms with Crippen molar-refractivity contribution in [2.24, 2.45) is 0 Å². The molecule has 92 valence electrons. The quantitative estimate of drug-likeness (QED) is 0.730. The summed E-state index contributed by atoms with van der Waals surface area (Å²) in [5, 5.41) is 0. The summed E-state index contributed by atoms with van der Waals surface area (Å²) < 4.78 is 27.5. The van der Waals surface area contributed by atoms with Gasteiger partial charge in [0.1, 0.15) is 0 Å². The predicted octanol–water partition coefficient (Wildman–Crippen LogP) is 4.06. The average molecular weight is 246 g/mol. The van der Waals surface area contributed by atoms with Gasteiger partial charge in [0.2, 0.25) is 0 Å². The van der Waals surface area contributed by atoms with Crippen molar-refractivity contribution in [3.63, 3.8) is 0 Å². The zero-order valence-corrected chi connectivity index (χ0v) is 10.1. The summed E-state index contributed by atoms with van der Waals surface area (Å²) in [5.74, 6) is -1.78. The number of hydrogen-bond acceptors (Lipinski definition) is 1. The topological polar surface area (TPSA) is 17.1 Å². The zero-order chi connectivity index (χ0) is 13.3. The number of carbonyl (C=O) groups is 1. The Morgan fingerprint density at radius 1 is 0.944 bits per heavy atom. The van der Waals surface area contributed by atoms with Gasteiger partial charge in [-0.05, 0) is 25.0 Å². The molecule has 0 aliphatic carbocycles. The maximum absolute atomic E-state index is 13.9. The van der Waals surface area contributed by atoms with E-state index >= 15 is 0 Å². The number of aldehydes is 1. The first-order valence-electron chi connectivity index (χ1n) is 5.55. The van der Waals surface area contributed by atoms with Crippen molar-refractivity contribution >= 4 is 6.29 Å². The molecule has 2 aromatic rings. The molecule has 0 fully saturated rings. The highest BCUT2D eigenvalue weighted by atomic mass is 19.2. The van der Waals surface area contributed by atoms with Crippen LogP contribution >= 0.6 is 0 Å². The largest absolute Gasteiger partial charge is 0.298 e. The summed E-state index contributed by atoms with van der Waals surface area (Å²) in [6, 6.07) is 8.04. The van der Waals surface area contributed by atoms with E-state index < -0.39 is 11.6 Å². The summed E-state index contributed by atoms with van der Waals surface area (Å²) in [5.41, 5.74) is 2.01. The van der Waals surface area contributed by atoms with Crippen molar-refractivity contribution in [3.8, 4) is 11.1 Å². The molecule has 0 radical (unpaired) electrons. The predicted molar refractivity (Wildman–Crippen MR) is 66.7 cm³/mol. The molecule has 2 rings (SSSR count). The van der Waals surface area contributed by atoms with Crippen molar-refractivity contribution in [2.75, 3.05) is 0 Å². The minimum Gasteiger partial charge on any atom is -0.298 e. The minimum atomic E-state index is -0.913. The summed E-state index contributed by atoms with van der Waals surface area (Å²) >= 11 is 0. The third-order valence-electron chi connectivity index (χ3n) is 2.90. The molecule has 0 N–H and O–H groups in total. The summed E-state index contributed by atoms with van der Waals surface area (Å²) in [6.45, 7) is 3.33. The van der Waals surface area contributed by atoms with Gasteiger partial charge in [-0.15, -0.1) is 0 Å². The maximum Gasteiger partial charge on any atom is 0.166 e. The second kappa shape index (κ2) is 4.69. The molecule has 18 heavy (non-hydrogen) atoms. The van der Waals surface area contributed by atoms with E-state index in [2.05, 4.69) is 0 Å². The fourth-order valence-electron chi connectivity index (χ4n) is 1.86. The molecule has 1 nitrogen and oxygen atoms in total. The lowest BCUT2D eigenvalue weighted by Crippen LogP contribution is -1.96. The van der Waals surface area contributed by atoms with Crippen molar-refractivity contribution in [2.45, 2.75) is 13.8 Å². The molecule has 0 bridgehead atoms. The molecule has 0 unspecified atom stereocenters. The van der Waals surface area contributed by atoms with E-state index in [-0.39, 0.29) is 11.1 Å². The number of aryl methyl sites for hydroxylation is 2. The van der Waals surface area contributed by atoms with Crippen LogP contribution in [0.2, 0.25) is 0 Å². The molecule has 0 amide bonds. The monoisotopic (exact) mass is 246 g/mol. The number of hydrogen-bond donors (Lipinski definition) is 0. The Hall–Kier alpha value is -2.03. The van der Waals surface area contributed by atoms with Gasteiger partial charge in [-0.3, -0.25) is 4.79 Å². The number of rotatable bonds is 2. The van der Waals surface area contributed by atoms with Crippen LogP contribution in [-0.2, 0) is 0 Å². The van der Waals surface area contributed by atoms with E-state index in [9.17, 15) is 13.6 Å². The Morgan fingerprint density at radius 2 is 1.67 bits per heavy atom. The molecular weight excluding hydrogens is 234 g/mol. The lowest BCUT2D eigenvalue weighted by molar-refractivity contribution is 0.112. The van der Waals surface area contributed by atoms with Gasteiger partial charge >= 0.3 is 0 Å². The second-order valence-corrected chi connectivity index (χ2v) is 4.27. The van der Waals surface area contributed by atoms with Crippen molar-refractivity contribution < 1.29 is 13.6 Å². The van der Waals surface area contributed by atoms with Crippen LogP contribution in [0.25, 0.3) is 11.1 Å². The molecule has 0 saturated heterocycles.